The van der Waals surface area contributed by atoms with Crippen LogP contribution in [0.2, 0.25) is 0 Å². The minimum atomic E-state index is -0.407. The number of carbonyl (C=O) groups excluding carboxylic acids is 1. The molecule has 0 saturated heterocycles. The maximum Gasteiger partial charge on any atom is 0.232 e. The zero-order valence-electron chi connectivity index (χ0n) is 15.5. The number of nitrogens with zero attached hydrogens (tertiary/aromatic N) is 2. The van der Waals surface area contributed by atoms with Crippen molar-refractivity contribution >= 4 is 11.6 Å². The van der Waals surface area contributed by atoms with Crippen molar-refractivity contribution in [2.45, 2.75) is 53.1 Å². The van der Waals surface area contributed by atoms with E-state index < -0.39 is 5.41 Å². The third-order valence-electron chi connectivity index (χ3n) is 4.58. The molecule has 1 aliphatic rings. The van der Waals surface area contributed by atoms with Gasteiger partial charge in [-0.05, 0) is 43.5 Å². The van der Waals surface area contributed by atoms with Crippen LogP contribution >= 0.6 is 0 Å². The number of carbonyl (C=O) groups is 1. The number of fused-ring (bicyclic) bond motifs is 1. The molecule has 1 aromatic carbocycles. The van der Waals surface area contributed by atoms with E-state index in [9.17, 15) is 4.79 Å². The Morgan fingerprint density at radius 3 is 2.56 bits per heavy atom. The quantitative estimate of drug-likeness (QED) is 0.838. The van der Waals surface area contributed by atoms with Gasteiger partial charge in [-0.1, -0.05) is 25.9 Å². The first-order valence-electron chi connectivity index (χ1n) is 8.83. The van der Waals surface area contributed by atoms with Crippen molar-refractivity contribution in [2.75, 3.05) is 11.9 Å². The molecule has 0 radical (unpaired) electrons. The van der Waals surface area contributed by atoms with E-state index in [0.717, 1.165) is 35.7 Å². The first-order chi connectivity index (χ1) is 11.9. The fourth-order valence-corrected chi connectivity index (χ4v) is 3.10. The van der Waals surface area contributed by atoms with Crippen LogP contribution in [0.25, 0.3) is 0 Å². The molecule has 3 rings (SSSR count). The van der Waals surface area contributed by atoms with Gasteiger partial charge in [0.2, 0.25) is 5.91 Å². The molecule has 1 heterocycles. The molecule has 2 aromatic rings. The summed E-state index contributed by atoms with van der Waals surface area (Å²) in [4.78, 5) is 14.0. The van der Waals surface area contributed by atoms with Gasteiger partial charge >= 0.3 is 0 Å². The van der Waals surface area contributed by atoms with Crippen molar-refractivity contribution in [3.8, 4) is 5.75 Å². The molecule has 134 valence electrons. The van der Waals surface area contributed by atoms with Gasteiger partial charge in [0.1, 0.15) is 23.8 Å². The first kappa shape index (κ1) is 17.5. The van der Waals surface area contributed by atoms with E-state index in [2.05, 4.69) is 5.16 Å². The molecule has 1 aromatic heterocycles. The maximum absolute atomic E-state index is 12.3. The summed E-state index contributed by atoms with van der Waals surface area (Å²) in [6, 6.07) is 7.57. The highest BCUT2D eigenvalue weighted by atomic mass is 16.5. The Balaban J connectivity index is 1.63. The Kier molecular flexibility index (Phi) is 4.84. The molecule has 0 atom stereocenters. The van der Waals surface area contributed by atoms with Gasteiger partial charge in [0.15, 0.2) is 0 Å². The van der Waals surface area contributed by atoms with E-state index in [1.807, 2.05) is 45.0 Å². The van der Waals surface area contributed by atoms with Crippen molar-refractivity contribution in [3.63, 3.8) is 0 Å². The van der Waals surface area contributed by atoms with Crippen LogP contribution in [0, 0.1) is 5.41 Å². The van der Waals surface area contributed by atoms with Crippen molar-refractivity contribution in [3.05, 3.63) is 41.3 Å². The number of anilines is 1. The molecule has 0 spiro atoms. The van der Waals surface area contributed by atoms with Gasteiger partial charge in [-0.3, -0.25) is 4.79 Å². The molecular formula is C20H26N2O3. The number of hydrogen-bond acceptors (Lipinski definition) is 4. The summed E-state index contributed by atoms with van der Waals surface area (Å²) in [5.74, 6) is 1.85. The minimum Gasteiger partial charge on any atom is -0.487 e. The molecule has 0 unspecified atom stereocenters. The number of amides is 1. The van der Waals surface area contributed by atoms with Gasteiger partial charge in [-0.15, -0.1) is 0 Å². The smallest absolute Gasteiger partial charge is 0.232 e. The minimum absolute atomic E-state index is 0.0791. The molecule has 1 amide bonds. The van der Waals surface area contributed by atoms with Crippen molar-refractivity contribution in [2.24, 2.45) is 5.41 Å². The summed E-state index contributed by atoms with van der Waals surface area (Å²) in [6.07, 6.45) is 4.36. The number of aryl methyl sites for hydroxylation is 1. The third kappa shape index (κ3) is 3.86. The number of ether oxygens (including phenoxy) is 1. The number of benzene rings is 1. The number of rotatable bonds is 4. The molecule has 1 aliphatic carbocycles. The van der Waals surface area contributed by atoms with Crippen LogP contribution in [-0.4, -0.2) is 18.1 Å². The Morgan fingerprint density at radius 1 is 1.20 bits per heavy atom. The van der Waals surface area contributed by atoms with Crippen molar-refractivity contribution < 1.29 is 14.1 Å². The summed E-state index contributed by atoms with van der Waals surface area (Å²) in [6.45, 7) is 6.17. The lowest BCUT2D eigenvalue weighted by atomic mass is 9.95. The molecule has 25 heavy (non-hydrogen) atoms. The van der Waals surface area contributed by atoms with Crippen LogP contribution in [0.3, 0.4) is 0 Å². The second kappa shape index (κ2) is 6.90. The monoisotopic (exact) mass is 342 g/mol. The maximum atomic E-state index is 12.3. The van der Waals surface area contributed by atoms with E-state index in [-0.39, 0.29) is 5.91 Å². The third-order valence-corrected chi connectivity index (χ3v) is 4.58. The van der Waals surface area contributed by atoms with Gasteiger partial charge < -0.3 is 14.2 Å². The molecule has 0 aliphatic heterocycles. The van der Waals surface area contributed by atoms with E-state index >= 15 is 0 Å². The Hall–Kier alpha value is -2.30. The molecular weight excluding hydrogens is 316 g/mol. The highest BCUT2D eigenvalue weighted by Gasteiger charge is 2.25. The van der Waals surface area contributed by atoms with Gasteiger partial charge in [0, 0.05) is 30.1 Å². The lowest BCUT2D eigenvalue weighted by Crippen LogP contribution is -2.36. The molecule has 0 N–H and O–H groups in total. The van der Waals surface area contributed by atoms with Gasteiger partial charge in [0.25, 0.3) is 0 Å². The topological polar surface area (TPSA) is 55.6 Å². The Bertz CT molecular complexity index is 741. The predicted octanol–water partition coefficient (Wildman–Crippen LogP) is 4.14. The van der Waals surface area contributed by atoms with Gasteiger partial charge in [-0.25, -0.2) is 0 Å². The lowest BCUT2D eigenvalue weighted by Gasteiger charge is -2.26. The largest absolute Gasteiger partial charge is 0.487 e. The summed E-state index contributed by atoms with van der Waals surface area (Å²) in [7, 11) is 1.80. The zero-order chi connectivity index (χ0) is 18.0. The fraction of sp³-hybridized carbons (Fsp3) is 0.500. The SMILES string of the molecule is CN(C(=O)C(C)(C)C)c1ccc(OCc2noc3c2CCCC3)cc1. The summed E-state index contributed by atoms with van der Waals surface area (Å²) in [5.41, 5.74) is 2.57. The molecule has 0 fully saturated rings. The van der Waals surface area contributed by atoms with E-state index in [4.69, 9.17) is 9.26 Å². The Morgan fingerprint density at radius 2 is 1.88 bits per heavy atom. The lowest BCUT2D eigenvalue weighted by molar-refractivity contribution is -0.125. The van der Waals surface area contributed by atoms with Crippen LogP contribution in [-0.2, 0) is 24.2 Å². The number of aromatic nitrogens is 1. The van der Waals surface area contributed by atoms with Crippen LogP contribution in [0.5, 0.6) is 5.75 Å². The van der Waals surface area contributed by atoms with E-state index in [1.165, 1.54) is 18.4 Å². The van der Waals surface area contributed by atoms with Crippen LogP contribution in [0.1, 0.15) is 50.6 Å². The fourth-order valence-electron chi connectivity index (χ4n) is 3.10. The number of hydrogen-bond donors (Lipinski definition) is 0. The van der Waals surface area contributed by atoms with Crippen molar-refractivity contribution in [1.29, 1.82) is 0 Å². The average Bonchev–Trinajstić information content (AvgIpc) is 3.01. The second-order valence-corrected chi connectivity index (χ2v) is 7.63. The summed E-state index contributed by atoms with van der Waals surface area (Å²) >= 11 is 0. The predicted molar refractivity (Wildman–Crippen MR) is 96.8 cm³/mol. The first-order valence-corrected chi connectivity index (χ1v) is 8.83. The highest BCUT2D eigenvalue weighted by Crippen LogP contribution is 2.27. The Labute approximate surface area is 148 Å². The standard InChI is InChI=1S/C20H26N2O3/c1-20(2,3)19(23)22(4)14-9-11-15(12-10-14)24-13-17-16-7-5-6-8-18(16)25-21-17/h9-12H,5-8,13H2,1-4H3. The van der Waals surface area contributed by atoms with Gasteiger partial charge in [-0.2, -0.15) is 0 Å². The molecule has 5 nitrogen and oxygen atoms in total. The molecule has 0 bridgehead atoms. The summed E-state index contributed by atoms with van der Waals surface area (Å²) in [5, 5.41) is 4.16. The average molecular weight is 342 g/mol. The normalized spacial score (nSPS) is 14.1. The van der Waals surface area contributed by atoms with E-state index in [0.29, 0.717) is 6.61 Å². The molecule has 5 heteroatoms. The summed E-state index contributed by atoms with van der Waals surface area (Å²) < 4.78 is 11.3. The van der Waals surface area contributed by atoms with Crippen LogP contribution in [0.4, 0.5) is 5.69 Å². The van der Waals surface area contributed by atoms with Gasteiger partial charge in [0.05, 0.1) is 0 Å². The zero-order valence-corrected chi connectivity index (χ0v) is 15.5. The van der Waals surface area contributed by atoms with E-state index in [1.54, 1.807) is 11.9 Å². The second-order valence-electron chi connectivity index (χ2n) is 7.63. The van der Waals surface area contributed by atoms with Crippen molar-refractivity contribution in [1.82, 2.24) is 5.16 Å². The highest BCUT2D eigenvalue weighted by molar-refractivity contribution is 5.96. The van der Waals surface area contributed by atoms with Crippen LogP contribution < -0.4 is 9.64 Å². The molecule has 0 saturated carbocycles. The van der Waals surface area contributed by atoms with Crippen LogP contribution in [0.15, 0.2) is 28.8 Å².